The molecule has 1 aromatic carbocycles. The van der Waals surface area contributed by atoms with Crippen molar-refractivity contribution in [1.29, 1.82) is 0 Å². The molecule has 0 saturated carbocycles. The van der Waals surface area contributed by atoms with E-state index in [-0.39, 0.29) is 11.9 Å². The van der Waals surface area contributed by atoms with Crippen LogP contribution in [-0.4, -0.2) is 28.5 Å². The number of fused-ring (bicyclic) bond motifs is 1. The molecule has 2 N–H and O–H groups in total. The molecule has 1 atom stereocenters. The van der Waals surface area contributed by atoms with E-state index in [9.17, 15) is 4.79 Å². The first-order chi connectivity index (χ1) is 11.6. The summed E-state index contributed by atoms with van der Waals surface area (Å²) in [6.07, 6.45) is 1.54. The molecule has 0 aliphatic carbocycles. The average Bonchev–Trinajstić information content (AvgIpc) is 2.94. The van der Waals surface area contributed by atoms with Gasteiger partial charge in [0.1, 0.15) is 23.0 Å². The Bertz CT molecular complexity index is 860. The molecule has 0 radical (unpaired) electrons. The molecule has 0 aliphatic heterocycles. The van der Waals surface area contributed by atoms with E-state index in [0.717, 1.165) is 15.8 Å². The van der Waals surface area contributed by atoms with Gasteiger partial charge >= 0.3 is 0 Å². The molecule has 6 heteroatoms. The predicted molar refractivity (Wildman–Crippen MR) is 99.4 cm³/mol. The van der Waals surface area contributed by atoms with Crippen LogP contribution >= 0.6 is 11.3 Å². The molecule has 0 spiro atoms. The lowest BCUT2D eigenvalue weighted by Gasteiger charge is -2.14. The number of aromatic nitrogens is 2. The number of aryl methyl sites for hydroxylation is 1. The number of nitrogens with one attached hydrogen (secondary N) is 2. The van der Waals surface area contributed by atoms with Crippen molar-refractivity contribution in [2.45, 2.75) is 26.8 Å². The van der Waals surface area contributed by atoms with Gasteiger partial charge in [0.2, 0.25) is 5.91 Å². The number of amides is 1. The number of thiophene rings is 1. The van der Waals surface area contributed by atoms with E-state index in [1.54, 1.807) is 17.7 Å². The van der Waals surface area contributed by atoms with Gasteiger partial charge in [-0.2, -0.15) is 0 Å². The molecule has 0 fully saturated rings. The number of likely N-dealkylation sites (N-methyl/N-ethyl adjacent to an activating group) is 1. The molecule has 0 aliphatic rings. The van der Waals surface area contributed by atoms with E-state index < -0.39 is 0 Å². The topological polar surface area (TPSA) is 66.9 Å². The summed E-state index contributed by atoms with van der Waals surface area (Å²) in [6, 6.07) is 9.89. The van der Waals surface area contributed by atoms with Crippen molar-refractivity contribution in [3.8, 4) is 10.4 Å². The van der Waals surface area contributed by atoms with Crippen LogP contribution in [-0.2, 0) is 4.79 Å². The molecule has 124 valence electrons. The number of anilines is 1. The molecule has 0 bridgehead atoms. The van der Waals surface area contributed by atoms with Crippen LogP contribution in [0.5, 0.6) is 0 Å². The summed E-state index contributed by atoms with van der Waals surface area (Å²) in [5.41, 5.74) is 2.30. The fraction of sp³-hybridized carbons (Fsp3) is 0.278. The average molecular weight is 340 g/mol. The van der Waals surface area contributed by atoms with Gasteiger partial charge in [-0.05, 0) is 31.9 Å². The SMILES string of the molecule is CCNC(=O)[C@@H](C)Nc1ncnc2sc(-c3ccccc3)c(C)c12. The van der Waals surface area contributed by atoms with Crippen molar-refractivity contribution in [3.05, 3.63) is 42.2 Å². The second-order valence-electron chi connectivity index (χ2n) is 5.59. The number of nitrogens with zero attached hydrogens (tertiary/aromatic N) is 2. The Balaban J connectivity index is 2.01. The molecule has 1 amide bonds. The van der Waals surface area contributed by atoms with Crippen molar-refractivity contribution in [2.24, 2.45) is 0 Å². The van der Waals surface area contributed by atoms with Gasteiger partial charge in [0.25, 0.3) is 0 Å². The van der Waals surface area contributed by atoms with Crippen LogP contribution in [0.15, 0.2) is 36.7 Å². The first-order valence-corrected chi connectivity index (χ1v) is 8.77. The molecular weight excluding hydrogens is 320 g/mol. The van der Waals surface area contributed by atoms with Crippen LogP contribution in [0.2, 0.25) is 0 Å². The third-order valence-corrected chi connectivity index (χ3v) is 5.11. The Kier molecular flexibility index (Phi) is 4.76. The van der Waals surface area contributed by atoms with Crippen molar-refractivity contribution in [3.63, 3.8) is 0 Å². The highest BCUT2D eigenvalue weighted by atomic mass is 32.1. The minimum absolute atomic E-state index is 0.0413. The van der Waals surface area contributed by atoms with E-state index >= 15 is 0 Å². The van der Waals surface area contributed by atoms with E-state index in [2.05, 4.69) is 39.7 Å². The monoisotopic (exact) mass is 340 g/mol. The van der Waals surface area contributed by atoms with Crippen LogP contribution < -0.4 is 10.6 Å². The summed E-state index contributed by atoms with van der Waals surface area (Å²) >= 11 is 1.65. The lowest BCUT2D eigenvalue weighted by Crippen LogP contribution is -2.37. The molecular formula is C18H20N4OS. The lowest BCUT2D eigenvalue weighted by molar-refractivity contribution is -0.121. The highest BCUT2D eigenvalue weighted by Gasteiger charge is 2.18. The molecule has 0 unspecified atom stereocenters. The summed E-state index contributed by atoms with van der Waals surface area (Å²) in [5.74, 6) is 0.662. The third-order valence-electron chi connectivity index (χ3n) is 3.86. The number of hydrogen-bond donors (Lipinski definition) is 2. The number of rotatable bonds is 5. The van der Waals surface area contributed by atoms with E-state index in [0.29, 0.717) is 12.4 Å². The maximum Gasteiger partial charge on any atom is 0.242 e. The van der Waals surface area contributed by atoms with Gasteiger partial charge in [-0.25, -0.2) is 9.97 Å². The van der Waals surface area contributed by atoms with Crippen molar-refractivity contribution >= 4 is 33.3 Å². The van der Waals surface area contributed by atoms with Crippen LogP contribution in [0, 0.1) is 6.92 Å². The largest absolute Gasteiger partial charge is 0.358 e. The molecule has 2 heterocycles. The Morgan fingerprint density at radius 1 is 1.25 bits per heavy atom. The van der Waals surface area contributed by atoms with Gasteiger partial charge in [0.15, 0.2) is 0 Å². The summed E-state index contributed by atoms with van der Waals surface area (Å²) in [7, 11) is 0. The zero-order valence-electron chi connectivity index (χ0n) is 14.0. The van der Waals surface area contributed by atoms with Gasteiger partial charge in [0.05, 0.1) is 5.39 Å². The third kappa shape index (κ3) is 3.10. The number of carbonyl (C=O) groups is 1. The molecule has 3 aromatic rings. The predicted octanol–water partition coefficient (Wildman–Crippen LogP) is 3.60. The Labute approximate surface area is 145 Å². The highest BCUT2D eigenvalue weighted by Crippen LogP contribution is 2.39. The van der Waals surface area contributed by atoms with Gasteiger partial charge < -0.3 is 10.6 Å². The normalized spacial score (nSPS) is 12.1. The molecule has 24 heavy (non-hydrogen) atoms. The molecule has 0 saturated heterocycles. The van der Waals surface area contributed by atoms with E-state index in [4.69, 9.17) is 0 Å². The van der Waals surface area contributed by atoms with Gasteiger partial charge in [-0.1, -0.05) is 30.3 Å². The van der Waals surface area contributed by atoms with Crippen LogP contribution in [0.25, 0.3) is 20.7 Å². The summed E-state index contributed by atoms with van der Waals surface area (Å²) in [4.78, 5) is 22.9. The summed E-state index contributed by atoms with van der Waals surface area (Å²) < 4.78 is 0. The Hall–Kier alpha value is -2.47. The van der Waals surface area contributed by atoms with Crippen LogP contribution in [0.4, 0.5) is 5.82 Å². The molecule has 2 aromatic heterocycles. The first kappa shape index (κ1) is 16.4. The smallest absolute Gasteiger partial charge is 0.242 e. The lowest BCUT2D eigenvalue weighted by atomic mass is 10.1. The molecule has 3 rings (SSSR count). The minimum Gasteiger partial charge on any atom is -0.358 e. The fourth-order valence-corrected chi connectivity index (χ4v) is 3.80. The zero-order valence-corrected chi connectivity index (χ0v) is 14.8. The van der Waals surface area contributed by atoms with Gasteiger partial charge in [0, 0.05) is 11.4 Å². The standard InChI is InChI=1S/C18H20N4OS/c1-4-19-17(23)12(3)22-16-14-11(2)15(13-8-6-5-7-9-13)24-18(14)21-10-20-16/h5-10,12H,4H2,1-3H3,(H,19,23)(H,20,21,22)/t12-/m1/s1. The van der Waals surface area contributed by atoms with Crippen molar-refractivity contribution < 1.29 is 4.79 Å². The summed E-state index contributed by atoms with van der Waals surface area (Å²) in [5, 5.41) is 7.02. The van der Waals surface area contributed by atoms with E-state index in [1.807, 2.05) is 32.0 Å². The fourth-order valence-electron chi connectivity index (χ4n) is 2.64. The second-order valence-corrected chi connectivity index (χ2v) is 6.58. The minimum atomic E-state index is -0.359. The molecule has 5 nitrogen and oxygen atoms in total. The van der Waals surface area contributed by atoms with E-state index in [1.165, 1.54) is 10.4 Å². The number of benzene rings is 1. The van der Waals surface area contributed by atoms with Crippen molar-refractivity contribution in [2.75, 3.05) is 11.9 Å². The Morgan fingerprint density at radius 3 is 2.71 bits per heavy atom. The van der Waals surface area contributed by atoms with Gasteiger partial charge in [-0.3, -0.25) is 4.79 Å². The number of carbonyl (C=O) groups excluding carboxylic acids is 1. The maximum absolute atomic E-state index is 12.0. The van der Waals surface area contributed by atoms with Crippen LogP contribution in [0.3, 0.4) is 0 Å². The number of hydrogen-bond acceptors (Lipinski definition) is 5. The second kappa shape index (κ2) is 6.97. The highest BCUT2D eigenvalue weighted by molar-refractivity contribution is 7.22. The zero-order chi connectivity index (χ0) is 17.1. The van der Waals surface area contributed by atoms with Crippen LogP contribution in [0.1, 0.15) is 19.4 Å². The summed E-state index contributed by atoms with van der Waals surface area (Å²) in [6.45, 7) is 6.42. The maximum atomic E-state index is 12.0. The first-order valence-electron chi connectivity index (χ1n) is 7.95. The van der Waals surface area contributed by atoms with Crippen molar-refractivity contribution in [1.82, 2.24) is 15.3 Å². The quantitative estimate of drug-likeness (QED) is 0.745. The van der Waals surface area contributed by atoms with Gasteiger partial charge in [-0.15, -0.1) is 11.3 Å². The Morgan fingerprint density at radius 2 is 2.00 bits per heavy atom.